The molecule has 0 N–H and O–H groups in total. The van der Waals surface area contributed by atoms with E-state index in [1.807, 2.05) is 0 Å². The molecular formula is C55H88O6. The number of esters is 3. The van der Waals surface area contributed by atoms with E-state index >= 15 is 0 Å². The first-order chi connectivity index (χ1) is 30.0. The monoisotopic (exact) mass is 845 g/mol. The predicted molar refractivity (Wildman–Crippen MR) is 260 cm³/mol. The van der Waals surface area contributed by atoms with Gasteiger partial charge in [-0.1, -0.05) is 182 Å². The fraction of sp³-hybridized carbons (Fsp3) is 0.618. The second-order valence-electron chi connectivity index (χ2n) is 15.6. The van der Waals surface area contributed by atoms with Crippen molar-refractivity contribution in [3.63, 3.8) is 0 Å². The summed E-state index contributed by atoms with van der Waals surface area (Å²) in [5.74, 6) is -0.999. The lowest BCUT2D eigenvalue weighted by molar-refractivity contribution is -0.167. The number of carbonyl (C=O) groups excluding carboxylic acids is 3. The van der Waals surface area contributed by atoms with E-state index in [1.165, 1.54) is 25.7 Å². The molecule has 61 heavy (non-hydrogen) atoms. The van der Waals surface area contributed by atoms with Gasteiger partial charge in [0.25, 0.3) is 0 Å². The van der Waals surface area contributed by atoms with Crippen molar-refractivity contribution in [2.45, 2.75) is 207 Å². The summed E-state index contributed by atoms with van der Waals surface area (Å²) in [6, 6.07) is 0. The number of allylic oxidation sites excluding steroid dienone is 18. The largest absolute Gasteiger partial charge is 0.462 e. The molecule has 0 aromatic heterocycles. The molecule has 6 heteroatoms. The molecule has 0 spiro atoms. The quantitative estimate of drug-likeness (QED) is 0.0264. The maximum Gasteiger partial charge on any atom is 0.306 e. The second kappa shape index (κ2) is 48.7. The fourth-order valence-electron chi connectivity index (χ4n) is 6.20. The summed E-state index contributed by atoms with van der Waals surface area (Å²) in [4.78, 5) is 37.9. The Labute approximate surface area is 374 Å². The van der Waals surface area contributed by atoms with E-state index in [9.17, 15) is 14.4 Å². The van der Waals surface area contributed by atoms with Gasteiger partial charge >= 0.3 is 17.9 Å². The van der Waals surface area contributed by atoms with Crippen LogP contribution in [0.4, 0.5) is 0 Å². The summed E-state index contributed by atoms with van der Waals surface area (Å²) >= 11 is 0. The van der Waals surface area contributed by atoms with Gasteiger partial charge in [0, 0.05) is 19.3 Å². The number of hydrogen-bond donors (Lipinski definition) is 0. The lowest BCUT2D eigenvalue weighted by Gasteiger charge is -2.18. The van der Waals surface area contributed by atoms with E-state index in [1.54, 1.807) is 0 Å². The first kappa shape index (κ1) is 57.1. The lowest BCUT2D eigenvalue weighted by Crippen LogP contribution is -2.30. The number of unbranched alkanes of at least 4 members (excludes halogenated alkanes) is 13. The number of hydrogen-bond acceptors (Lipinski definition) is 6. The molecule has 6 nitrogen and oxygen atoms in total. The van der Waals surface area contributed by atoms with Crippen molar-refractivity contribution in [1.82, 2.24) is 0 Å². The van der Waals surface area contributed by atoms with Crippen molar-refractivity contribution >= 4 is 17.9 Å². The normalized spacial score (nSPS) is 13.0. The molecule has 0 aromatic rings. The summed E-state index contributed by atoms with van der Waals surface area (Å²) < 4.78 is 16.7. The predicted octanol–water partition coefficient (Wildman–Crippen LogP) is 16.0. The van der Waals surface area contributed by atoms with Gasteiger partial charge in [0.05, 0.1) is 0 Å². The van der Waals surface area contributed by atoms with Crippen LogP contribution in [0.3, 0.4) is 0 Å². The van der Waals surface area contributed by atoms with E-state index in [-0.39, 0.29) is 37.5 Å². The van der Waals surface area contributed by atoms with Crippen LogP contribution in [0.2, 0.25) is 0 Å². The van der Waals surface area contributed by atoms with E-state index in [2.05, 4.69) is 130 Å². The highest BCUT2D eigenvalue weighted by Gasteiger charge is 2.19. The molecule has 0 amide bonds. The van der Waals surface area contributed by atoms with Gasteiger partial charge in [-0.25, -0.2) is 0 Å². The van der Waals surface area contributed by atoms with Crippen LogP contribution < -0.4 is 0 Å². The Balaban J connectivity index is 4.48. The highest BCUT2D eigenvalue weighted by atomic mass is 16.6. The molecule has 344 valence electrons. The van der Waals surface area contributed by atoms with E-state index < -0.39 is 6.10 Å². The molecular weight excluding hydrogens is 757 g/mol. The lowest BCUT2D eigenvalue weighted by atomic mass is 10.1. The first-order valence-electron chi connectivity index (χ1n) is 24.4. The average Bonchev–Trinajstić information content (AvgIpc) is 3.26. The number of ether oxygens (including phenoxy) is 3. The summed E-state index contributed by atoms with van der Waals surface area (Å²) in [6.07, 6.45) is 65.1. The molecule has 0 aliphatic carbocycles. The smallest absolute Gasteiger partial charge is 0.306 e. The molecule has 0 aromatic carbocycles. The summed E-state index contributed by atoms with van der Waals surface area (Å²) in [6.45, 7) is 6.21. The van der Waals surface area contributed by atoms with E-state index in [0.29, 0.717) is 19.3 Å². The van der Waals surface area contributed by atoms with Gasteiger partial charge in [-0.2, -0.15) is 0 Å². The Kier molecular flexibility index (Phi) is 45.6. The van der Waals surface area contributed by atoms with Crippen LogP contribution >= 0.6 is 0 Å². The van der Waals surface area contributed by atoms with Gasteiger partial charge in [0.1, 0.15) is 13.2 Å². The van der Waals surface area contributed by atoms with Crippen LogP contribution in [-0.4, -0.2) is 37.2 Å². The number of carbonyl (C=O) groups is 3. The molecule has 0 aliphatic heterocycles. The third kappa shape index (κ3) is 47.0. The molecule has 0 fully saturated rings. The molecule has 0 aliphatic rings. The third-order valence-electron chi connectivity index (χ3n) is 9.75. The zero-order chi connectivity index (χ0) is 44.4. The van der Waals surface area contributed by atoms with Crippen LogP contribution in [0, 0.1) is 0 Å². The maximum absolute atomic E-state index is 12.8. The van der Waals surface area contributed by atoms with Crippen LogP contribution in [0.1, 0.15) is 201 Å². The van der Waals surface area contributed by atoms with E-state index in [0.717, 1.165) is 128 Å². The molecule has 0 bridgehead atoms. The van der Waals surface area contributed by atoms with Gasteiger partial charge in [-0.05, 0) is 109 Å². The standard InChI is InChI=1S/C55H88O6/c1-4-7-10-13-16-19-22-24-26-28-30-33-36-39-42-45-48-54(57)60-51-52(50-59-53(56)47-44-41-38-35-32-21-18-15-12-9-6-3)61-55(58)49-46-43-40-37-34-31-29-27-25-23-20-17-14-11-8-5-2/h7-12,16-21,24-27,35,38,52H,4-6,13-15,22-23,28-34,36-37,39-51H2,1-3H3/b10-7-,11-8-,12-9-,19-16-,20-17-,21-18-,26-24-,27-25-,38-35-. The van der Waals surface area contributed by atoms with Crippen LogP contribution in [0.5, 0.6) is 0 Å². The van der Waals surface area contributed by atoms with Crippen LogP contribution in [-0.2, 0) is 28.6 Å². The molecule has 0 rings (SSSR count). The molecule has 0 radical (unpaired) electrons. The van der Waals surface area contributed by atoms with E-state index in [4.69, 9.17) is 14.2 Å². The SMILES string of the molecule is CC/C=C\C/C=C\C/C=C\CCCCCCCCC(=O)OCC(COC(=O)CCC/C=C\C/C=C\C/C=C\CC)OC(=O)CCCCCCCC/C=C\C/C=C\C/C=C\CC. The zero-order valence-electron chi connectivity index (χ0n) is 39.1. The number of rotatable bonds is 42. The Morgan fingerprint density at radius 2 is 0.607 bits per heavy atom. The minimum absolute atomic E-state index is 0.109. The summed E-state index contributed by atoms with van der Waals surface area (Å²) in [7, 11) is 0. The van der Waals surface area contributed by atoms with Gasteiger partial charge in [-0.3, -0.25) is 14.4 Å². The van der Waals surface area contributed by atoms with Crippen LogP contribution in [0.25, 0.3) is 0 Å². The van der Waals surface area contributed by atoms with Crippen molar-refractivity contribution in [3.05, 3.63) is 109 Å². The van der Waals surface area contributed by atoms with Crippen molar-refractivity contribution < 1.29 is 28.6 Å². The first-order valence-corrected chi connectivity index (χ1v) is 24.4. The van der Waals surface area contributed by atoms with Gasteiger partial charge in [0.15, 0.2) is 6.10 Å². The Morgan fingerprint density at radius 1 is 0.328 bits per heavy atom. The van der Waals surface area contributed by atoms with Crippen molar-refractivity contribution in [1.29, 1.82) is 0 Å². The zero-order valence-corrected chi connectivity index (χ0v) is 39.1. The molecule has 0 heterocycles. The Morgan fingerprint density at radius 3 is 0.984 bits per heavy atom. The Bertz CT molecular complexity index is 1290. The van der Waals surface area contributed by atoms with Crippen LogP contribution in [0.15, 0.2) is 109 Å². The minimum atomic E-state index is -0.811. The van der Waals surface area contributed by atoms with Gasteiger partial charge < -0.3 is 14.2 Å². The highest BCUT2D eigenvalue weighted by molar-refractivity contribution is 5.71. The topological polar surface area (TPSA) is 78.9 Å². The fourth-order valence-corrected chi connectivity index (χ4v) is 6.20. The third-order valence-corrected chi connectivity index (χ3v) is 9.75. The van der Waals surface area contributed by atoms with Crippen molar-refractivity contribution in [2.75, 3.05) is 13.2 Å². The molecule has 1 atom stereocenters. The molecule has 0 saturated carbocycles. The summed E-state index contributed by atoms with van der Waals surface area (Å²) in [5, 5.41) is 0. The second-order valence-corrected chi connectivity index (χ2v) is 15.6. The summed E-state index contributed by atoms with van der Waals surface area (Å²) in [5.41, 5.74) is 0. The molecule has 0 saturated heterocycles. The van der Waals surface area contributed by atoms with Gasteiger partial charge in [0.2, 0.25) is 0 Å². The Hall–Kier alpha value is -3.93. The van der Waals surface area contributed by atoms with Crippen molar-refractivity contribution in [3.8, 4) is 0 Å². The van der Waals surface area contributed by atoms with Gasteiger partial charge in [-0.15, -0.1) is 0 Å². The minimum Gasteiger partial charge on any atom is -0.462 e. The maximum atomic E-state index is 12.8. The molecule has 1 unspecified atom stereocenters. The highest BCUT2D eigenvalue weighted by Crippen LogP contribution is 2.13. The average molecular weight is 845 g/mol. The van der Waals surface area contributed by atoms with Crippen molar-refractivity contribution in [2.24, 2.45) is 0 Å².